The van der Waals surface area contributed by atoms with Crippen molar-refractivity contribution < 1.29 is 74.0 Å². The van der Waals surface area contributed by atoms with Gasteiger partial charge in [-0.3, -0.25) is 14.8 Å². The normalized spacial score (nSPS) is 19.1. The maximum atomic E-state index is 10.6. The number of halogens is 9. The molecule has 4 rings (SSSR count). The van der Waals surface area contributed by atoms with E-state index in [2.05, 4.69) is 44.4 Å². The van der Waals surface area contributed by atoms with Crippen LogP contribution in [0.4, 0.5) is 39.5 Å². The first kappa shape index (κ1) is 39.5. The number of fused-ring (bicyclic) bond motifs is 1. The lowest BCUT2D eigenvalue weighted by Crippen LogP contribution is -2.50. The van der Waals surface area contributed by atoms with Gasteiger partial charge in [-0.2, -0.15) is 39.5 Å². The number of thiophene rings is 1. The summed E-state index contributed by atoms with van der Waals surface area (Å²) in [5.74, 6) is -8.27. The smallest absolute Gasteiger partial charge is 0.475 e. The Morgan fingerprint density at radius 2 is 1.29 bits per heavy atom. The summed E-state index contributed by atoms with van der Waals surface area (Å²) in [6.07, 6.45) is -8.75. The highest BCUT2D eigenvalue weighted by Gasteiger charge is 2.39. The maximum Gasteiger partial charge on any atom is 0.490 e. The molecule has 254 valence electrons. The molecular weight excluding hydrogens is 657 g/mol. The number of hydrogen-bond acceptors (Lipinski definition) is 8. The third-order valence-corrected chi connectivity index (χ3v) is 6.76. The van der Waals surface area contributed by atoms with Crippen molar-refractivity contribution >= 4 is 29.2 Å². The van der Waals surface area contributed by atoms with E-state index in [1.54, 1.807) is 0 Å². The van der Waals surface area contributed by atoms with Crippen LogP contribution in [0.5, 0.6) is 0 Å². The number of aromatic nitrogens is 1. The van der Waals surface area contributed by atoms with Gasteiger partial charge in [-0.15, -0.1) is 11.3 Å². The molecule has 20 heteroatoms. The van der Waals surface area contributed by atoms with Crippen LogP contribution in [0, 0.1) is 0 Å². The Kier molecular flexibility index (Phi) is 15.7. The summed E-state index contributed by atoms with van der Waals surface area (Å²) >= 11 is 1.86. The van der Waals surface area contributed by atoms with Crippen LogP contribution in [0.2, 0.25) is 0 Å². The van der Waals surface area contributed by atoms with Crippen molar-refractivity contribution in [2.45, 2.75) is 56.6 Å². The lowest BCUT2D eigenvalue weighted by molar-refractivity contribution is -0.193. The lowest BCUT2D eigenvalue weighted by atomic mass is 10.0. The number of alkyl halides is 9. The van der Waals surface area contributed by atoms with E-state index >= 15 is 0 Å². The monoisotopic (exact) mass is 685 g/mol. The molecule has 0 aromatic carbocycles. The molecule has 2 fully saturated rings. The van der Waals surface area contributed by atoms with Crippen LogP contribution in [0.15, 0.2) is 42.0 Å². The highest BCUT2D eigenvalue weighted by molar-refractivity contribution is 7.09. The van der Waals surface area contributed by atoms with Crippen molar-refractivity contribution in [3.63, 3.8) is 0 Å². The Labute approximate surface area is 253 Å². The zero-order valence-corrected chi connectivity index (χ0v) is 23.8. The lowest BCUT2D eigenvalue weighted by Gasteiger charge is -2.40. The van der Waals surface area contributed by atoms with Crippen molar-refractivity contribution in [3.05, 3.63) is 52.5 Å². The Morgan fingerprint density at radius 1 is 0.800 bits per heavy atom. The molecular formula is C25H28F9N3O7S. The molecule has 4 heterocycles. The van der Waals surface area contributed by atoms with E-state index in [0.717, 1.165) is 45.8 Å². The van der Waals surface area contributed by atoms with E-state index < -0.39 is 36.4 Å². The van der Waals surface area contributed by atoms with Gasteiger partial charge in [0.05, 0.1) is 12.7 Å². The summed E-state index contributed by atoms with van der Waals surface area (Å²) in [5, 5.41) is 23.5. The second kappa shape index (κ2) is 17.9. The second-order valence-corrected chi connectivity index (χ2v) is 10.2. The first-order chi connectivity index (χ1) is 20.7. The Bertz CT molecular complexity index is 1120. The molecule has 0 radical (unpaired) electrons. The predicted octanol–water partition coefficient (Wildman–Crippen LogP) is 4.91. The molecule has 2 aromatic heterocycles. The van der Waals surface area contributed by atoms with E-state index in [4.69, 9.17) is 34.4 Å². The number of aliphatic carboxylic acids is 3. The number of carboxylic acid groups (broad SMARTS) is 3. The minimum absolute atomic E-state index is 0.383. The predicted molar refractivity (Wildman–Crippen MR) is 138 cm³/mol. The molecule has 3 N–H and O–H groups in total. The Morgan fingerprint density at radius 3 is 1.73 bits per heavy atom. The topological polar surface area (TPSA) is 140 Å². The number of carbonyl (C=O) groups is 3. The Balaban J connectivity index is 0.000000396. The first-order valence-corrected chi connectivity index (χ1v) is 13.5. The number of pyridine rings is 1. The summed E-state index contributed by atoms with van der Waals surface area (Å²) in [4.78, 5) is 37.5. The van der Waals surface area contributed by atoms with Gasteiger partial charge in [-0.25, -0.2) is 14.4 Å². The summed E-state index contributed by atoms with van der Waals surface area (Å²) in [5.41, 5.74) is 1.35. The summed E-state index contributed by atoms with van der Waals surface area (Å²) in [6, 6.07) is 9.20. The van der Waals surface area contributed by atoms with Crippen LogP contribution in [-0.2, 0) is 32.2 Å². The largest absolute Gasteiger partial charge is 0.490 e. The van der Waals surface area contributed by atoms with Gasteiger partial charge in [0.15, 0.2) is 0 Å². The molecule has 0 spiro atoms. The number of rotatable bonds is 4. The number of ether oxygens (including phenoxy) is 1. The average Bonchev–Trinajstić information content (AvgIpc) is 3.35. The molecule has 2 aliphatic heterocycles. The number of nitrogens with zero attached hydrogens (tertiary/aromatic N) is 3. The zero-order valence-electron chi connectivity index (χ0n) is 23.0. The molecule has 0 saturated carbocycles. The number of carboxylic acids is 3. The molecule has 2 aliphatic rings. The van der Waals surface area contributed by atoms with Gasteiger partial charge in [-0.05, 0) is 42.0 Å². The third-order valence-electron chi connectivity index (χ3n) is 5.90. The minimum Gasteiger partial charge on any atom is -0.475 e. The quantitative estimate of drug-likeness (QED) is 0.381. The summed E-state index contributed by atoms with van der Waals surface area (Å²) < 4.78 is 101. The van der Waals surface area contributed by atoms with Crippen molar-refractivity contribution in [2.75, 3.05) is 26.2 Å². The molecule has 45 heavy (non-hydrogen) atoms. The fourth-order valence-corrected chi connectivity index (χ4v) is 4.66. The van der Waals surface area contributed by atoms with E-state index in [9.17, 15) is 39.5 Å². The van der Waals surface area contributed by atoms with Gasteiger partial charge in [0.1, 0.15) is 0 Å². The molecule has 0 amide bonds. The number of morpholine rings is 1. The first-order valence-electron chi connectivity index (χ1n) is 12.6. The van der Waals surface area contributed by atoms with Crippen molar-refractivity contribution in [2.24, 2.45) is 0 Å². The van der Waals surface area contributed by atoms with Crippen LogP contribution in [-0.4, -0.2) is 105 Å². The van der Waals surface area contributed by atoms with Gasteiger partial charge in [-0.1, -0.05) is 6.07 Å². The highest BCUT2D eigenvalue weighted by Crippen LogP contribution is 2.26. The highest BCUT2D eigenvalue weighted by atomic mass is 32.1. The fraction of sp³-hybridized carbons (Fsp3) is 0.520. The second-order valence-electron chi connectivity index (χ2n) is 9.14. The Hall–Kier alpha value is -3.49. The third kappa shape index (κ3) is 15.9. The SMILES string of the molecule is O=C(O)C(F)(F)F.O=C(O)C(F)(F)F.O=C(O)C(F)(F)F.c1csc(CN2CC[C@@H]3OCCN(Cc4ccncc4)[C@H]3CC2)c1. The molecule has 10 nitrogen and oxygen atoms in total. The van der Waals surface area contributed by atoms with Gasteiger partial charge in [0, 0.05) is 56.0 Å². The fourth-order valence-electron chi connectivity index (χ4n) is 3.91. The number of likely N-dealkylation sites (tertiary alicyclic amines) is 1. The van der Waals surface area contributed by atoms with Crippen LogP contribution in [0.25, 0.3) is 0 Å². The van der Waals surface area contributed by atoms with Crippen molar-refractivity contribution in [1.82, 2.24) is 14.8 Å². The summed E-state index contributed by atoms with van der Waals surface area (Å²) in [6.45, 7) is 6.29. The number of hydrogen-bond donors (Lipinski definition) is 3. The average molecular weight is 686 g/mol. The van der Waals surface area contributed by atoms with Crippen molar-refractivity contribution in [1.29, 1.82) is 0 Å². The van der Waals surface area contributed by atoms with Crippen LogP contribution in [0.3, 0.4) is 0 Å². The van der Waals surface area contributed by atoms with Crippen molar-refractivity contribution in [3.8, 4) is 0 Å². The van der Waals surface area contributed by atoms with E-state index in [1.807, 2.05) is 23.7 Å². The molecule has 2 saturated heterocycles. The van der Waals surface area contributed by atoms with Gasteiger partial charge < -0.3 is 20.1 Å². The van der Waals surface area contributed by atoms with Gasteiger partial charge in [0.2, 0.25) is 0 Å². The molecule has 0 bridgehead atoms. The van der Waals surface area contributed by atoms with E-state index in [0.29, 0.717) is 12.1 Å². The standard InChI is InChI=1S/C19H25N3OS.3C2HF3O2/c1-2-17(24-13-1)15-21-9-5-18-19(6-10-21)23-12-11-22(18)14-16-3-7-20-8-4-16;3*3-2(4,5)1(6)7/h1-4,7-8,13,18-19H,5-6,9-12,14-15H2;3*(H,6,7)/t18-,19-;;;/m0.../s1. The van der Waals surface area contributed by atoms with Crippen LogP contribution >= 0.6 is 11.3 Å². The van der Waals surface area contributed by atoms with Gasteiger partial charge in [0.25, 0.3) is 0 Å². The van der Waals surface area contributed by atoms with E-state index in [1.165, 1.54) is 16.9 Å². The minimum atomic E-state index is -5.08. The van der Waals surface area contributed by atoms with Crippen LogP contribution in [0.1, 0.15) is 23.3 Å². The van der Waals surface area contributed by atoms with Gasteiger partial charge >= 0.3 is 36.4 Å². The summed E-state index contributed by atoms with van der Waals surface area (Å²) in [7, 11) is 0. The molecule has 2 aromatic rings. The maximum absolute atomic E-state index is 10.6. The zero-order chi connectivity index (χ0) is 34.4. The molecule has 2 atom stereocenters. The molecule has 0 unspecified atom stereocenters. The molecule has 0 aliphatic carbocycles. The van der Waals surface area contributed by atoms with E-state index in [-0.39, 0.29) is 0 Å². The van der Waals surface area contributed by atoms with Crippen LogP contribution < -0.4 is 0 Å².